The molecule has 0 bridgehead atoms. The van der Waals surface area contributed by atoms with Crippen molar-refractivity contribution >= 4 is 24.8 Å². The van der Waals surface area contributed by atoms with Gasteiger partial charge in [-0.05, 0) is 6.08 Å². The molecule has 8 heavy (non-hydrogen) atoms. The van der Waals surface area contributed by atoms with E-state index in [1.165, 1.54) is 0 Å². The van der Waals surface area contributed by atoms with Gasteiger partial charge in [-0.3, -0.25) is 0 Å². The average molecular weight is 158 g/mol. The third kappa shape index (κ3) is 2.96. The SMILES string of the molecule is Cl.Cl.NC1=CCNN1. The number of nitrogens with one attached hydrogen (secondary N) is 2. The van der Waals surface area contributed by atoms with Crippen molar-refractivity contribution in [2.24, 2.45) is 5.73 Å². The summed E-state index contributed by atoms with van der Waals surface area (Å²) in [7, 11) is 0. The van der Waals surface area contributed by atoms with Gasteiger partial charge in [0.2, 0.25) is 0 Å². The number of rotatable bonds is 0. The van der Waals surface area contributed by atoms with Gasteiger partial charge in [0.25, 0.3) is 0 Å². The van der Waals surface area contributed by atoms with Crippen molar-refractivity contribution in [3.05, 3.63) is 11.9 Å². The van der Waals surface area contributed by atoms with Crippen LogP contribution in [0, 0.1) is 0 Å². The molecule has 0 unspecified atom stereocenters. The lowest BCUT2D eigenvalue weighted by Crippen LogP contribution is -2.26. The fourth-order valence-electron chi connectivity index (χ4n) is 0.365. The van der Waals surface area contributed by atoms with E-state index in [1.807, 2.05) is 6.08 Å². The van der Waals surface area contributed by atoms with Gasteiger partial charge >= 0.3 is 0 Å². The molecule has 0 spiro atoms. The van der Waals surface area contributed by atoms with Gasteiger partial charge < -0.3 is 11.2 Å². The highest BCUT2D eigenvalue weighted by atomic mass is 35.5. The van der Waals surface area contributed by atoms with E-state index in [4.69, 9.17) is 5.73 Å². The lowest BCUT2D eigenvalue weighted by molar-refractivity contribution is 0.694. The summed E-state index contributed by atoms with van der Waals surface area (Å²) in [6.45, 7) is 0.839. The predicted molar refractivity (Wildman–Crippen MR) is 37.9 cm³/mol. The number of hydrogen-bond acceptors (Lipinski definition) is 3. The Hall–Kier alpha value is -0.120. The molecule has 0 radical (unpaired) electrons. The van der Waals surface area contributed by atoms with Crippen molar-refractivity contribution in [1.82, 2.24) is 10.9 Å². The second-order valence-electron chi connectivity index (χ2n) is 1.17. The van der Waals surface area contributed by atoms with Crippen molar-refractivity contribution in [3.8, 4) is 0 Å². The summed E-state index contributed by atoms with van der Waals surface area (Å²) in [6, 6.07) is 0. The first-order valence-corrected chi connectivity index (χ1v) is 1.84. The van der Waals surface area contributed by atoms with Crippen LogP contribution in [-0.2, 0) is 0 Å². The molecule has 1 heterocycles. The van der Waals surface area contributed by atoms with Crippen molar-refractivity contribution < 1.29 is 0 Å². The maximum atomic E-state index is 5.22. The summed E-state index contributed by atoms with van der Waals surface area (Å²) >= 11 is 0. The van der Waals surface area contributed by atoms with Gasteiger partial charge in [-0.2, -0.15) is 0 Å². The first-order chi connectivity index (χ1) is 2.89. The molecule has 0 aromatic carbocycles. The van der Waals surface area contributed by atoms with Crippen molar-refractivity contribution in [3.63, 3.8) is 0 Å². The van der Waals surface area contributed by atoms with Crippen LogP contribution in [0.5, 0.6) is 0 Å². The molecule has 0 aromatic heterocycles. The summed E-state index contributed by atoms with van der Waals surface area (Å²) in [5.41, 5.74) is 10.7. The topological polar surface area (TPSA) is 50.1 Å². The summed E-state index contributed by atoms with van der Waals surface area (Å²) < 4.78 is 0. The first-order valence-electron chi connectivity index (χ1n) is 1.84. The summed E-state index contributed by atoms with van der Waals surface area (Å²) in [5, 5.41) is 0. The normalized spacial score (nSPS) is 14.8. The Bertz CT molecular complexity index is 82.6. The van der Waals surface area contributed by atoms with Crippen LogP contribution in [0.25, 0.3) is 0 Å². The highest BCUT2D eigenvalue weighted by Crippen LogP contribution is 1.77. The molecule has 0 aliphatic carbocycles. The summed E-state index contributed by atoms with van der Waals surface area (Å²) in [6.07, 6.45) is 1.88. The van der Waals surface area contributed by atoms with Gasteiger partial charge in [0, 0.05) is 6.54 Å². The molecule has 1 aliphatic rings. The second-order valence-corrected chi connectivity index (χ2v) is 1.17. The molecule has 4 N–H and O–H groups in total. The molecular formula is C3H9Cl2N3. The number of halogens is 2. The van der Waals surface area contributed by atoms with Crippen LogP contribution >= 0.6 is 24.8 Å². The maximum absolute atomic E-state index is 5.22. The Morgan fingerprint density at radius 2 is 2.12 bits per heavy atom. The lowest BCUT2D eigenvalue weighted by atomic mass is 10.6. The van der Waals surface area contributed by atoms with E-state index in [0.29, 0.717) is 0 Å². The van der Waals surface area contributed by atoms with Crippen molar-refractivity contribution in [2.75, 3.05) is 6.54 Å². The largest absolute Gasteiger partial charge is 0.385 e. The Morgan fingerprint density at radius 1 is 1.50 bits per heavy atom. The zero-order valence-corrected chi connectivity index (χ0v) is 5.81. The minimum atomic E-state index is 0. The van der Waals surface area contributed by atoms with Crippen LogP contribution in [0.2, 0.25) is 0 Å². The zero-order chi connectivity index (χ0) is 4.41. The molecule has 0 saturated carbocycles. The summed E-state index contributed by atoms with van der Waals surface area (Å²) in [5.74, 6) is 0.718. The third-order valence-corrected chi connectivity index (χ3v) is 0.657. The Kier molecular flexibility index (Phi) is 6.78. The predicted octanol–water partition coefficient (Wildman–Crippen LogP) is -0.262. The van der Waals surface area contributed by atoms with Gasteiger partial charge in [0.1, 0.15) is 5.82 Å². The van der Waals surface area contributed by atoms with Crippen molar-refractivity contribution in [1.29, 1.82) is 0 Å². The number of hydrogen-bond donors (Lipinski definition) is 3. The van der Waals surface area contributed by atoms with Crippen LogP contribution in [0.1, 0.15) is 0 Å². The van der Waals surface area contributed by atoms with E-state index < -0.39 is 0 Å². The minimum absolute atomic E-state index is 0. The molecule has 0 fully saturated rings. The van der Waals surface area contributed by atoms with E-state index in [0.717, 1.165) is 12.4 Å². The van der Waals surface area contributed by atoms with Crippen molar-refractivity contribution in [2.45, 2.75) is 0 Å². The highest BCUT2D eigenvalue weighted by Gasteiger charge is 1.91. The van der Waals surface area contributed by atoms with Gasteiger partial charge in [-0.15, -0.1) is 24.8 Å². The molecule has 1 aliphatic heterocycles. The smallest absolute Gasteiger partial charge is 0.108 e. The average Bonchev–Trinajstić information content (AvgIpc) is 1.86. The van der Waals surface area contributed by atoms with Gasteiger partial charge in [-0.25, -0.2) is 5.43 Å². The Morgan fingerprint density at radius 3 is 2.25 bits per heavy atom. The van der Waals surface area contributed by atoms with Crippen LogP contribution in [0.4, 0.5) is 0 Å². The van der Waals surface area contributed by atoms with Gasteiger partial charge in [0.15, 0.2) is 0 Å². The first kappa shape index (κ1) is 10.8. The second kappa shape index (κ2) is 5.03. The number of hydrazine groups is 1. The van der Waals surface area contributed by atoms with Crippen LogP contribution in [0.15, 0.2) is 11.9 Å². The molecule has 0 aromatic rings. The molecule has 50 valence electrons. The molecule has 1 rings (SSSR count). The van der Waals surface area contributed by atoms with Crippen LogP contribution < -0.4 is 16.6 Å². The van der Waals surface area contributed by atoms with Gasteiger partial charge in [0.05, 0.1) is 0 Å². The molecule has 5 heteroatoms. The molecule has 3 nitrogen and oxygen atoms in total. The fourth-order valence-corrected chi connectivity index (χ4v) is 0.365. The molecule has 0 amide bonds. The van der Waals surface area contributed by atoms with E-state index in [1.54, 1.807) is 0 Å². The highest BCUT2D eigenvalue weighted by molar-refractivity contribution is 5.85. The van der Waals surface area contributed by atoms with Gasteiger partial charge in [-0.1, -0.05) is 0 Å². The quantitative estimate of drug-likeness (QED) is 0.455. The van der Waals surface area contributed by atoms with E-state index >= 15 is 0 Å². The molecule has 0 atom stereocenters. The van der Waals surface area contributed by atoms with E-state index in [-0.39, 0.29) is 24.8 Å². The number of nitrogens with two attached hydrogens (primary N) is 1. The standard InChI is InChI=1S/C3H7N3.2ClH/c4-3-1-2-5-6-3;;/h1,5-6H,2,4H2;2*1H. The Labute approximate surface area is 60.5 Å². The molecular weight excluding hydrogens is 149 g/mol. The maximum Gasteiger partial charge on any atom is 0.108 e. The monoisotopic (exact) mass is 157 g/mol. The Balaban J connectivity index is 0. The molecule has 0 saturated heterocycles. The van der Waals surface area contributed by atoms with E-state index in [2.05, 4.69) is 10.9 Å². The minimum Gasteiger partial charge on any atom is -0.385 e. The fraction of sp³-hybridized carbons (Fsp3) is 0.333. The van der Waals surface area contributed by atoms with Crippen LogP contribution in [0.3, 0.4) is 0 Å². The third-order valence-electron chi connectivity index (χ3n) is 0.657. The zero-order valence-electron chi connectivity index (χ0n) is 4.18. The van der Waals surface area contributed by atoms with E-state index in [9.17, 15) is 0 Å². The summed E-state index contributed by atoms with van der Waals surface area (Å²) in [4.78, 5) is 0. The van der Waals surface area contributed by atoms with Crippen LogP contribution in [-0.4, -0.2) is 6.54 Å². The lowest BCUT2D eigenvalue weighted by Gasteiger charge is -1.91.